The molecule has 1 aromatic carbocycles. The Bertz CT molecular complexity index is 950. The SMILES string of the molecule is CO[C@@H]1[C@H]2OC(C)(C)O[C@H]2O[C@@H]1[C@@H](COS(=O)(=O)c1ccc(O)cc1)O[C@@H]1NC(=O)[C@@H]1C. The monoisotopic (exact) mass is 473 g/mol. The van der Waals surface area contributed by atoms with Gasteiger partial charge in [0.25, 0.3) is 10.1 Å². The van der Waals surface area contributed by atoms with Gasteiger partial charge in [-0.1, -0.05) is 0 Å². The van der Waals surface area contributed by atoms with E-state index < -0.39 is 65.4 Å². The van der Waals surface area contributed by atoms with Gasteiger partial charge in [0, 0.05) is 7.11 Å². The number of benzene rings is 1. The van der Waals surface area contributed by atoms with Crippen molar-refractivity contribution >= 4 is 16.0 Å². The molecule has 3 aliphatic heterocycles. The number of rotatable bonds is 8. The van der Waals surface area contributed by atoms with Crippen molar-refractivity contribution in [2.24, 2.45) is 5.92 Å². The molecule has 0 saturated carbocycles. The number of methoxy groups -OCH3 is 1. The van der Waals surface area contributed by atoms with Crippen LogP contribution in [-0.4, -0.2) is 75.9 Å². The third-order valence-corrected chi connectivity index (χ3v) is 6.95. The molecule has 32 heavy (non-hydrogen) atoms. The van der Waals surface area contributed by atoms with Crippen LogP contribution in [-0.2, 0) is 42.8 Å². The minimum atomic E-state index is -4.15. The Morgan fingerprint density at radius 3 is 2.50 bits per heavy atom. The number of aromatic hydroxyl groups is 1. The summed E-state index contributed by atoms with van der Waals surface area (Å²) < 4.78 is 59.7. The van der Waals surface area contributed by atoms with Gasteiger partial charge in [-0.15, -0.1) is 0 Å². The van der Waals surface area contributed by atoms with Gasteiger partial charge < -0.3 is 34.1 Å². The average molecular weight is 474 g/mol. The van der Waals surface area contributed by atoms with Crippen molar-refractivity contribution in [1.29, 1.82) is 0 Å². The van der Waals surface area contributed by atoms with Crippen molar-refractivity contribution in [2.45, 2.75) is 68.4 Å². The smallest absolute Gasteiger partial charge is 0.297 e. The van der Waals surface area contributed by atoms with E-state index in [4.69, 9.17) is 27.9 Å². The summed E-state index contributed by atoms with van der Waals surface area (Å²) in [6.45, 7) is 4.80. The number of ether oxygens (including phenoxy) is 5. The number of amides is 1. The summed E-state index contributed by atoms with van der Waals surface area (Å²) >= 11 is 0. The minimum absolute atomic E-state index is 0.0726. The molecule has 11 nitrogen and oxygen atoms in total. The van der Waals surface area contributed by atoms with Crippen LogP contribution in [0.5, 0.6) is 5.75 Å². The second kappa shape index (κ2) is 8.52. The fourth-order valence-corrected chi connectivity index (χ4v) is 4.82. The van der Waals surface area contributed by atoms with Crippen LogP contribution in [0.25, 0.3) is 0 Å². The van der Waals surface area contributed by atoms with E-state index in [9.17, 15) is 18.3 Å². The number of fused-ring (bicyclic) bond motifs is 1. The first kappa shape index (κ1) is 23.4. The largest absolute Gasteiger partial charge is 0.508 e. The molecule has 0 spiro atoms. The van der Waals surface area contributed by atoms with Gasteiger partial charge in [0.15, 0.2) is 12.1 Å². The number of β-lactam (4-membered cyclic amide) rings is 1. The fraction of sp³-hybridized carbons (Fsp3) is 0.650. The molecule has 0 aliphatic carbocycles. The summed E-state index contributed by atoms with van der Waals surface area (Å²) in [5, 5.41) is 12.0. The van der Waals surface area contributed by atoms with E-state index >= 15 is 0 Å². The van der Waals surface area contributed by atoms with Crippen LogP contribution in [0.15, 0.2) is 29.2 Å². The van der Waals surface area contributed by atoms with Crippen LogP contribution in [0.2, 0.25) is 0 Å². The van der Waals surface area contributed by atoms with Crippen LogP contribution in [0.1, 0.15) is 20.8 Å². The zero-order valence-corrected chi connectivity index (χ0v) is 18.9. The molecule has 2 N–H and O–H groups in total. The lowest BCUT2D eigenvalue weighted by Crippen LogP contribution is -2.61. The van der Waals surface area contributed by atoms with E-state index in [2.05, 4.69) is 5.32 Å². The predicted octanol–water partition coefficient (Wildman–Crippen LogP) is 0.466. The number of hydrogen-bond acceptors (Lipinski definition) is 10. The molecule has 3 aliphatic rings. The van der Waals surface area contributed by atoms with Gasteiger partial charge in [-0.05, 0) is 45.0 Å². The molecule has 1 amide bonds. The molecule has 0 unspecified atom stereocenters. The van der Waals surface area contributed by atoms with E-state index in [1.54, 1.807) is 20.8 Å². The van der Waals surface area contributed by atoms with Crippen LogP contribution in [0.3, 0.4) is 0 Å². The van der Waals surface area contributed by atoms with E-state index in [0.29, 0.717) is 0 Å². The third-order valence-electron chi connectivity index (χ3n) is 5.65. The lowest BCUT2D eigenvalue weighted by atomic mass is 10.0. The predicted molar refractivity (Wildman–Crippen MR) is 107 cm³/mol. The Labute approximate surface area is 186 Å². The van der Waals surface area contributed by atoms with Crippen molar-refractivity contribution in [3.8, 4) is 5.75 Å². The normalized spacial score (nSPS) is 34.6. The number of hydrogen-bond donors (Lipinski definition) is 2. The molecule has 0 radical (unpaired) electrons. The fourth-order valence-electron chi connectivity index (χ4n) is 3.90. The lowest BCUT2D eigenvalue weighted by molar-refractivity contribution is -0.241. The van der Waals surface area contributed by atoms with Crippen LogP contribution < -0.4 is 5.32 Å². The third kappa shape index (κ3) is 4.49. The topological polar surface area (TPSA) is 139 Å². The van der Waals surface area contributed by atoms with Crippen molar-refractivity contribution < 1.29 is 46.2 Å². The van der Waals surface area contributed by atoms with Crippen LogP contribution in [0, 0.1) is 5.92 Å². The summed E-state index contributed by atoms with van der Waals surface area (Å²) in [6, 6.07) is 4.95. The van der Waals surface area contributed by atoms with Gasteiger partial charge in [0.05, 0.1) is 17.4 Å². The van der Waals surface area contributed by atoms with Crippen molar-refractivity contribution in [3.63, 3.8) is 0 Å². The molecule has 0 aromatic heterocycles. The second-order valence-electron chi connectivity index (χ2n) is 8.39. The molecular weight excluding hydrogens is 446 g/mol. The summed E-state index contributed by atoms with van der Waals surface area (Å²) in [4.78, 5) is 11.5. The molecule has 3 saturated heterocycles. The zero-order chi connectivity index (χ0) is 23.3. The molecule has 0 bridgehead atoms. The molecule has 3 fully saturated rings. The summed E-state index contributed by atoms with van der Waals surface area (Å²) in [6.07, 6.45) is -4.25. The van der Waals surface area contributed by atoms with Crippen molar-refractivity contribution in [1.82, 2.24) is 5.32 Å². The molecule has 3 heterocycles. The quantitative estimate of drug-likeness (QED) is 0.404. The van der Waals surface area contributed by atoms with Gasteiger partial charge in [-0.2, -0.15) is 8.42 Å². The molecule has 178 valence electrons. The van der Waals surface area contributed by atoms with Gasteiger partial charge in [0.1, 0.15) is 36.4 Å². The van der Waals surface area contributed by atoms with E-state index in [0.717, 1.165) is 0 Å². The maximum Gasteiger partial charge on any atom is 0.297 e. The second-order valence-corrected chi connectivity index (χ2v) is 10.0. The van der Waals surface area contributed by atoms with Gasteiger partial charge >= 0.3 is 0 Å². The Morgan fingerprint density at radius 2 is 1.91 bits per heavy atom. The lowest BCUT2D eigenvalue weighted by Gasteiger charge is -2.39. The number of nitrogens with one attached hydrogen (secondary N) is 1. The highest BCUT2D eigenvalue weighted by molar-refractivity contribution is 7.86. The highest BCUT2D eigenvalue weighted by atomic mass is 32.2. The molecule has 4 rings (SSSR count). The van der Waals surface area contributed by atoms with Gasteiger partial charge in [-0.25, -0.2) is 0 Å². The average Bonchev–Trinajstić information content (AvgIpc) is 3.21. The standard InChI is InChI=1S/C20H27NO10S/c1-10-17(23)21-18(10)28-13(9-27-32(24,25)12-7-5-11(22)6-8-12)14-15(26-4)16-19(29-14)31-20(2,3)30-16/h5-8,10,13-16,18-19,22H,9H2,1-4H3,(H,21,23)/t10-,13+,14+,15-,16+,18-,19+/m0/s1. The zero-order valence-electron chi connectivity index (χ0n) is 18.1. The Balaban J connectivity index is 1.51. The number of phenolic OH excluding ortho intramolecular Hbond substituents is 1. The number of carbonyl (C=O) groups is 1. The van der Waals surface area contributed by atoms with Crippen molar-refractivity contribution in [3.05, 3.63) is 24.3 Å². The van der Waals surface area contributed by atoms with E-state index in [1.807, 2.05) is 0 Å². The summed E-state index contributed by atoms with van der Waals surface area (Å²) in [7, 11) is -2.67. The Morgan fingerprint density at radius 1 is 1.22 bits per heavy atom. The first-order chi connectivity index (χ1) is 15.0. The molecular formula is C20H27NO10S. The van der Waals surface area contributed by atoms with Crippen molar-refractivity contribution in [2.75, 3.05) is 13.7 Å². The highest BCUT2D eigenvalue weighted by Gasteiger charge is 2.58. The molecule has 12 heteroatoms. The van der Waals surface area contributed by atoms with E-state index in [1.165, 1.54) is 31.4 Å². The summed E-state index contributed by atoms with van der Waals surface area (Å²) in [5.41, 5.74) is 0. The maximum atomic E-state index is 12.6. The number of carbonyl (C=O) groups excluding carboxylic acids is 1. The molecule has 7 atom stereocenters. The van der Waals surface area contributed by atoms with E-state index in [-0.39, 0.29) is 16.6 Å². The number of phenols is 1. The highest BCUT2D eigenvalue weighted by Crippen LogP contribution is 2.40. The maximum absolute atomic E-state index is 12.6. The Kier molecular flexibility index (Phi) is 6.22. The summed E-state index contributed by atoms with van der Waals surface area (Å²) in [5.74, 6) is -1.52. The Hall–Kier alpha value is -1.80. The van der Waals surface area contributed by atoms with Gasteiger partial charge in [0.2, 0.25) is 5.91 Å². The first-order valence-electron chi connectivity index (χ1n) is 10.2. The minimum Gasteiger partial charge on any atom is -0.508 e. The van der Waals surface area contributed by atoms with Gasteiger partial charge in [-0.3, -0.25) is 8.98 Å². The molecule has 1 aromatic rings. The van der Waals surface area contributed by atoms with Crippen LogP contribution in [0.4, 0.5) is 0 Å². The first-order valence-corrected chi connectivity index (χ1v) is 11.6. The van der Waals surface area contributed by atoms with Crippen LogP contribution >= 0.6 is 0 Å².